The molecular formula is C15H16BrFN2O2. The Labute approximate surface area is 131 Å². The fourth-order valence-electron chi connectivity index (χ4n) is 3.20. The third kappa shape index (κ3) is 2.25. The molecule has 0 aliphatic carbocycles. The van der Waals surface area contributed by atoms with Crippen molar-refractivity contribution in [1.29, 1.82) is 0 Å². The molecule has 1 aromatic carbocycles. The number of rotatable bonds is 2. The molecule has 0 aromatic heterocycles. The lowest BCUT2D eigenvalue weighted by atomic mass is 10.0. The summed E-state index contributed by atoms with van der Waals surface area (Å²) in [6.45, 7) is 2.52. The molecular weight excluding hydrogens is 339 g/mol. The van der Waals surface area contributed by atoms with Gasteiger partial charge in [0.25, 0.3) is 5.91 Å². The molecule has 2 fully saturated rings. The molecule has 2 heterocycles. The molecule has 0 bridgehead atoms. The Balaban J connectivity index is 2.03. The van der Waals surface area contributed by atoms with Gasteiger partial charge in [-0.3, -0.25) is 14.5 Å². The summed E-state index contributed by atoms with van der Waals surface area (Å²) in [6, 6.07) is 3.63. The number of piperazine rings is 1. The van der Waals surface area contributed by atoms with E-state index in [1.807, 2.05) is 6.92 Å². The predicted octanol–water partition coefficient (Wildman–Crippen LogP) is 2.70. The third-order valence-electron chi connectivity index (χ3n) is 4.22. The van der Waals surface area contributed by atoms with Crippen molar-refractivity contribution >= 4 is 33.4 Å². The SMILES string of the molecule is CCC1C(=O)N2CCCC2C(=O)N1c1ccc(Br)c(F)c1. The van der Waals surface area contributed by atoms with Crippen molar-refractivity contribution in [2.24, 2.45) is 0 Å². The summed E-state index contributed by atoms with van der Waals surface area (Å²) < 4.78 is 14.1. The summed E-state index contributed by atoms with van der Waals surface area (Å²) in [6.07, 6.45) is 2.06. The van der Waals surface area contributed by atoms with E-state index in [1.165, 1.54) is 11.0 Å². The second-order valence-corrected chi connectivity index (χ2v) is 6.27. The second-order valence-electron chi connectivity index (χ2n) is 5.42. The maximum Gasteiger partial charge on any atom is 0.250 e. The van der Waals surface area contributed by atoms with Crippen molar-refractivity contribution in [3.63, 3.8) is 0 Å². The predicted molar refractivity (Wildman–Crippen MR) is 80.4 cm³/mol. The molecule has 112 valence electrons. The van der Waals surface area contributed by atoms with Gasteiger partial charge in [0.2, 0.25) is 5.91 Å². The highest BCUT2D eigenvalue weighted by Gasteiger charge is 2.47. The van der Waals surface area contributed by atoms with Gasteiger partial charge in [-0.25, -0.2) is 4.39 Å². The Kier molecular flexibility index (Phi) is 3.73. The van der Waals surface area contributed by atoms with E-state index in [0.717, 1.165) is 6.42 Å². The van der Waals surface area contributed by atoms with Crippen LogP contribution in [0.5, 0.6) is 0 Å². The molecule has 2 amide bonds. The largest absolute Gasteiger partial charge is 0.329 e. The average molecular weight is 355 g/mol. The van der Waals surface area contributed by atoms with Gasteiger partial charge in [0.15, 0.2) is 0 Å². The maximum absolute atomic E-state index is 13.8. The molecule has 2 unspecified atom stereocenters. The van der Waals surface area contributed by atoms with Crippen LogP contribution in [-0.2, 0) is 9.59 Å². The highest BCUT2D eigenvalue weighted by Crippen LogP contribution is 2.33. The van der Waals surface area contributed by atoms with Gasteiger partial charge in [0.1, 0.15) is 17.9 Å². The van der Waals surface area contributed by atoms with Crippen LogP contribution in [0.2, 0.25) is 0 Å². The zero-order valence-corrected chi connectivity index (χ0v) is 13.3. The minimum absolute atomic E-state index is 0.0251. The lowest BCUT2D eigenvalue weighted by molar-refractivity contribution is -0.144. The Bertz CT molecular complexity index is 607. The van der Waals surface area contributed by atoms with Crippen molar-refractivity contribution < 1.29 is 14.0 Å². The number of benzene rings is 1. The minimum Gasteiger partial charge on any atom is -0.329 e. The molecule has 2 atom stereocenters. The van der Waals surface area contributed by atoms with E-state index >= 15 is 0 Å². The van der Waals surface area contributed by atoms with Crippen LogP contribution in [0.15, 0.2) is 22.7 Å². The topological polar surface area (TPSA) is 40.6 Å². The molecule has 2 aliphatic heterocycles. The number of carbonyl (C=O) groups is 2. The second kappa shape index (κ2) is 5.40. The molecule has 0 spiro atoms. The van der Waals surface area contributed by atoms with E-state index in [0.29, 0.717) is 29.5 Å². The average Bonchev–Trinajstić information content (AvgIpc) is 2.95. The number of hydrogen-bond acceptors (Lipinski definition) is 2. The van der Waals surface area contributed by atoms with E-state index < -0.39 is 11.9 Å². The molecule has 2 saturated heterocycles. The Morgan fingerprint density at radius 1 is 1.33 bits per heavy atom. The summed E-state index contributed by atoms with van der Waals surface area (Å²) >= 11 is 3.10. The zero-order chi connectivity index (χ0) is 15.1. The van der Waals surface area contributed by atoms with Gasteiger partial charge in [-0.2, -0.15) is 0 Å². The monoisotopic (exact) mass is 354 g/mol. The lowest BCUT2D eigenvalue weighted by Crippen LogP contribution is -2.63. The highest BCUT2D eigenvalue weighted by atomic mass is 79.9. The van der Waals surface area contributed by atoms with Crippen LogP contribution in [0.3, 0.4) is 0 Å². The third-order valence-corrected chi connectivity index (χ3v) is 4.87. The van der Waals surface area contributed by atoms with Crippen LogP contribution < -0.4 is 4.90 Å². The maximum atomic E-state index is 13.8. The number of hydrogen-bond donors (Lipinski definition) is 0. The fraction of sp³-hybridized carbons (Fsp3) is 0.467. The zero-order valence-electron chi connectivity index (χ0n) is 11.7. The van der Waals surface area contributed by atoms with E-state index in [1.54, 1.807) is 17.0 Å². The first kappa shape index (κ1) is 14.5. The van der Waals surface area contributed by atoms with Crippen molar-refractivity contribution in [3.05, 3.63) is 28.5 Å². The minimum atomic E-state index is -0.535. The first-order valence-electron chi connectivity index (χ1n) is 7.13. The summed E-state index contributed by atoms with van der Waals surface area (Å²) in [4.78, 5) is 28.4. The smallest absolute Gasteiger partial charge is 0.250 e. The van der Waals surface area contributed by atoms with Gasteiger partial charge in [-0.1, -0.05) is 6.92 Å². The summed E-state index contributed by atoms with van der Waals surface area (Å²) in [5.74, 6) is -0.556. The lowest BCUT2D eigenvalue weighted by Gasteiger charge is -2.42. The highest BCUT2D eigenvalue weighted by molar-refractivity contribution is 9.10. The Hall–Kier alpha value is -1.43. The van der Waals surface area contributed by atoms with Crippen LogP contribution in [0.4, 0.5) is 10.1 Å². The van der Waals surface area contributed by atoms with Crippen molar-refractivity contribution in [1.82, 2.24) is 4.90 Å². The summed E-state index contributed by atoms with van der Waals surface area (Å²) in [5.41, 5.74) is 0.451. The van der Waals surface area contributed by atoms with Crippen LogP contribution in [0.25, 0.3) is 0 Å². The molecule has 4 nitrogen and oxygen atoms in total. The molecule has 0 N–H and O–H groups in total. The first-order valence-corrected chi connectivity index (χ1v) is 7.92. The van der Waals surface area contributed by atoms with Crippen molar-refractivity contribution in [2.75, 3.05) is 11.4 Å². The van der Waals surface area contributed by atoms with Crippen LogP contribution in [0.1, 0.15) is 26.2 Å². The molecule has 0 radical (unpaired) electrons. The van der Waals surface area contributed by atoms with Crippen LogP contribution in [-0.4, -0.2) is 35.3 Å². The molecule has 2 aliphatic rings. The molecule has 1 aromatic rings. The van der Waals surface area contributed by atoms with Gasteiger partial charge >= 0.3 is 0 Å². The van der Waals surface area contributed by atoms with Crippen LogP contribution >= 0.6 is 15.9 Å². The molecule has 21 heavy (non-hydrogen) atoms. The number of fused-ring (bicyclic) bond motifs is 1. The number of amides is 2. The Morgan fingerprint density at radius 3 is 2.76 bits per heavy atom. The van der Waals surface area contributed by atoms with Gasteiger partial charge in [0, 0.05) is 12.2 Å². The van der Waals surface area contributed by atoms with Gasteiger partial charge in [0.05, 0.1) is 4.47 Å². The fourth-order valence-corrected chi connectivity index (χ4v) is 3.45. The molecule has 6 heteroatoms. The standard InChI is InChI=1S/C15H16BrFN2O2/c1-2-12-14(20)18-7-3-4-13(18)15(21)19(12)9-5-6-10(16)11(17)8-9/h5-6,8,12-13H,2-4,7H2,1H3. The van der Waals surface area contributed by atoms with E-state index in [4.69, 9.17) is 0 Å². The number of anilines is 1. The molecule has 3 rings (SSSR count). The number of nitrogens with zero attached hydrogens (tertiary/aromatic N) is 2. The quantitative estimate of drug-likeness (QED) is 0.819. The molecule has 0 saturated carbocycles. The van der Waals surface area contributed by atoms with E-state index in [2.05, 4.69) is 15.9 Å². The van der Waals surface area contributed by atoms with Crippen molar-refractivity contribution in [3.8, 4) is 0 Å². The first-order chi connectivity index (χ1) is 10.0. The van der Waals surface area contributed by atoms with Gasteiger partial charge in [-0.15, -0.1) is 0 Å². The number of halogens is 2. The van der Waals surface area contributed by atoms with Crippen LogP contribution in [0, 0.1) is 5.82 Å². The normalized spacial score (nSPS) is 25.5. The number of carbonyl (C=O) groups excluding carboxylic acids is 2. The van der Waals surface area contributed by atoms with E-state index in [9.17, 15) is 14.0 Å². The Morgan fingerprint density at radius 2 is 2.10 bits per heavy atom. The van der Waals surface area contributed by atoms with E-state index in [-0.39, 0.29) is 17.9 Å². The van der Waals surface area contributed by atoms with Crippen molar-refractivity contribution in [2.45, 2.75) is 38.3 Å². The summed E-state index contributed by atoms with van der Waals surface area (Å²) in [5, 5.41) is 0. The van der Waals surface area contributed by atoms with Gasteiger partial charge in [-0.05, 0) is 53.4 Å². The summed E-state index contributed by atoms with van der Waals surface area (Å²) in [7, 11) is 0. The van der Waals surface area contributed by atoms with Gasteiger partial charge < -0.3 is 4.90 Å².